The van der Waals surface area contributed by atoms with Crippen LogP contribution in [0.25, 0.3) is 16.3 Å². The fourth-order valence-corrected chi connectivity index (χ4v) is 5.86. The Bertz CT molecular complexity index is 1290. The molecule has 3 aromatic carbocycles. The zero-order valence-electron chi connectivity index (χ0n) is 18.8. The number of nitrogens with two attached hydrogens (primary N) is 1. The lowest BCUT2D eigenvalue weighted by Crippen LogP contribution is -2.54. The summed E-state index contributed by atoms with van der Waals surface area (Å²) < 4.78 is 11.7. The van der Waals surface area contributed by atoms with E-state index in [0.29, 0.717) is 12.2 Å². The summed E-state index contributed by atoms with van der Waals surface area (Å²) in [6, 6.07) is 19.9. The maximum Gasteiger partial charge on any atom is 0.194 e. The fraction of sp³-hybridized carbons (Fsp3) is 0.321. The van der Waals surface area contributed by atoms with E-state index < -0.39 is 5.54 Å². The molecule has 2 unspecified atom stereocenters. The Morgan fingerprint density at radius 3 is 2.67 bits per heavy atom. The molecule has 2 N–H and O–H groups in total. The van der Waals surface area contributed by atoms with Crippen molar-refractivity contribution < 1.29 is 14.3 Å². The minimum atomic E-state index is -0.724. The van der Waals surface area contributed by atoms with Gasteiger partial charge in [0.25, 0.3) is 0 Å². The van der Waals surface area contributed by atoms with Crippen molar-refractivity contribution >= 4 is 22.1 Å². The molecule has 2 heterocycles. The number of fused-ring (bicyclic) bond motifs is 1. The zero-order chi connectivity index (χ0) is 22.6. The van der Waals surface area contributed by atoms with E-state index in [1.165, 1.54) is 0 Å². The van der Waals surface area contributed by atoms with Gasteiger partial charge >= 0.3 is 0 Å². The number of hydrogen-bond acceptors (Lipinski definition) is 5. The molecule has 5 nitrogen and oxygen atoms in total. The standard InChI is InChI=1S/C28H28N2O3/c1-18-25(27(31)22-9-4-7-19-6-2-3-8-21(19)22)23-10-5-11-24-26(23)28(18,29)20(17-33-24)16-30-12-14-32-15-13-30/h2-11,20H,12-17,29H2,1H3. The van der Waals surface area contributed by atoms with Crippen LogP contribution in [-0.2, 0) is 10.3 Å². The topological polar surface area (TPSA) is 64.8 Å². The second-order valence-electron chi connectivity index (χ2n) is 9.32. The highest BCUT2D eigenvalue weighted by atomic mass is 16.5. The lowest BCUT2D eigenvalue weighted by Gasteiger charge is -2.43. The average Bonchev–Trinajstić information content (AvgIpc) is 3.09. The van der Waals surface area contributed by atoms with E-state index in [1.54, 1.807) is 0 Å². The number of carbonyl (C=O) groups excluding carboxylic acids is 1. The molecule has 0 bridgehead atoms. The minimum absolute atomic E-state index is 0.0297. The SMILES string of the molecule is CC1=C(C(=O)c2cccc3ccccc23)c2cccc3c2C1(N)C(CN1CCOCC1)CO3. The van der Waals surface area contributed by atoms with E-state index in [0.717, 1.165) is 71.6 Å². The third-order valence-corrected chi connectivity index (χ3v) is 7.63. The predicted octanol–water partition coefficient (Wildman–Crippen LogP) is 4.00. The van der Waals surface area contributed by atoms with Crippen molar-refractivity contribution in [3.63, 3.8) is 0 Å². The average molecular weight is 441 g/mol. The van der Waals surface area contributed by atoms with Crippen molar-refractivity contribution in [1.82, 2.24) is 4.90 Å². The van der Waals surface area contributed by atoms with Crippen molar-refractivity contribution in [3.8, 4) is 5.75 Å². The summed E-state index contributed by atoms with van der Waals surface area (Å²) in [5, 5.41) is 2.03. The number of hydrogen-bond donors (Lipinski definition) is 1. The van der Waals surface area contributed by atoms with Gasteiger partial charge in [0.1, 0.15) is 5.75 Å². The van der Waals surface area contributed by atoms with Gasteiger partial charge in [-0.3, -0.25) is 9.69 Å². The number of nitrogens with zero attached hydrogens (tertiary/aromatic N) is 1. The molecule has 2 atom stereocenters. The van der Waals surface area contributed by atoms with Crippen LogP contribution < -0.4 is 10.5 Å². The third kappa shape index (κ3) is 3.07. The van der Waals surface area contributed by atoms with Crippen LogP contribution in [0.5, 0.6) is 5.75 Å². The second kappa shape index (κ2) is 7.80. The van der Waals surface area contributed by atoms with Gasteiger partial charge in [-0.15, -0.1) is 0 Å². The zero-order valence-corrected chi connectivity index (χ0v) is 18.8. The van der Waals surface area contributed by atoms with Crippen molar-refractivity contribution in [3.05, 3.63) is 82.9 Å². The molecule has 1 aliphatic carbocycles. The van der Waals surface area contributed by atoms with E-state index >= 15 is 0 Å². The highest BCUT2D eigenvalue weighted by molar-refractivity contribution is 6.34. The van der Waals surface area contributed by atoms with Crippen LogP contribution in [0.15, 0.2) is 66.2 Å². The first-order valence-corrected chi connectivity index (χ1v) is 11.7. The summed E-state index contributed by atoms with van der Waals surface area (Å²) in [7, 11) is 0. The van der Waals surface area contributed by atoms with E-state index in [2.05, 4.69) is 4.90 Å². The summed E-state index contributed by atoms with van der Waals surface area (Å²) in [5.74, 6) is 0.886. The Morgan fingerprint density at radius 1 is 1.06 bits per heavy atom. The molecule has 168 valence electrons. The first-order valence-electron chi connectivity index (χ1n) is 11.7. The van der Waals surface area contributed by atoms with Crippen LogP contribution in [0, 0.1) is 5.92 Å². The summed E-state index contributed by atoms with van der Waals surface area (Å²) >= 11 is 0. The van der Waals surface area contributed by atoms with Gasteiger partial charge in [0, 0.05) is 42.3 Å². The Labute approximate surface area is 193 Å². The molecule has 33 heavy (non-hydrogen) atoms. The minimum Gasteiger partial charge on any atom is -0.493 e. The number of ketones is 1. The van der Waals surface area contributed by atoms with Gasteiger partial charge in [-0.25, -0.2) is 0 Å². The van der Waals surface area contributed by atoms with Crippen LogP contribution in [-0.4, -0.2) is 50.1 Å². The number of benzene rings is 3. The molecule has 3 aliphatic rings. The number of Topliss-reactive ketones (excluding diaryl/α,β-unsaturated/α-hetero) is 1. The molecular formula is C28H28N2O3. The maximum atomic E-state index is 14.1. The van der Waals surface area contributed by atoms with E-state index in [4.69, 9.17) is 15.2 Å². The molecule has 0 spiro atoms. The highest BCUT2D eigenvalue weighted by Gasteiger charge is 2.52. The first-order chi connectivity index (χ1) is 16.1. The monoisotopic (exact) mass is 440 g/mol. The Balaban J connectivity index is 1.48. The molecule has 0 amide bonds. The van der Waals surface area contributed by atoms with Crippen LogP contribution >= 0.6 is 0 Å². The fourth-order valence-electron chi connectivity index (χ4n) is 5.86. The summed E-state index contributed by atoms with van der Waals surface area (Å²) in [5.41, 5.74) is 10.8. The molecule has 0 saturated carbocycles. The number of ether oxygens (including phenoxy) is 2. The quantitative estimate of drug-likeness (QED) is 0.621. The third-order valence-electron chi connectivity index (χ3n) is 7.63. The Kier molecular flexibility index (Phi) is 4.87. The van der Waals surface area contributed by atoms with Crippen molar-refractivity contribution in [1.29, 1.82) is 0 Å². The van der Waals surface area contributed by atoms with E-state index in [-0.39, 0.29) is 11.7 Å². The molecule has 0 aromatic heterocycles. The molecule has 6 rings (SSSR count). The Morgan fingerprint density at radius 2 is 1.82 bits per heavy atom. The van der Waals surface area contributed by atoms with Gasteiger partial charge in [0.05, 0.1) is 25.4 Å². The highest BCUT2D eigenvalue weighted by Crippen LogP contribution is 2.54. The van der Waals surface area contributed by atoms with Crippen molar-refractivity contribution in [2.75, 3.05) is 39.5 Å². The van der Waals surface area contributed by atoms with Gasteiger partial charge in [-0.2, -0.15) is 0 Å². The Hall–Kier alpha value is -2.99. The number of rotatable bonds is 4. The second-order valence-corrected chi connectivity index (χ2v) is 9.32. The van der Waals surface area contributed by atoms with E-state index in [9.17, 15) is 4.79 Å². The van der Waals surface area contributed by atoms with Gasteiger partial charge in [0.15, 0.2) is 5.78 Å². The number of carbonyl (C=O) groups is 1. The van der Waals surface area contributed by atoms with Gasteiger partial charge in [-0.05, 0) is 34.9 Å². The summed E-state index contributed by atoms with van der Waals surface area (Å²) in [6.07, 6.45) is 0. The lowest BCUT2D eigenvalue weighted by molar-refractivity contribution is 0.0157. The lowest BCUT2D eigenvalue weighted by atomic mass is 9.74. The molecule has 1 saturated heterocycles. The van der Waals surface area contributed by atoms with Crippen molar-refractivity contribution in [2.45, 2.75) is 12.5 Å². The molecule has 0 radical (unpaired) electrons. The smallest absolute Gasteiger partial charge is 0.194 e. The van der Waals surface area contributed by atoms with Crippen LogP contribution in [0.4, 0.5) is 0 Å². The number of allylic oxidation sites excluding steroid dienone is 1. The molecule has 2 aliphatic heterocycles. The molecule has 5 heteroatoms. The predicted molar refractivity (Wildman–Crippen MR) is 129 cm³/mol. The molecule has 3 aromatic rings. The van der Waals surface area contributed by atoms with E-state index in [1.807, 2.05) is 67.6 Å². The molecule has 1 fully saturated rings. The largest absolute Gasteiger partial charge is 0.493 e. The van der Waals surface area contributed by atoms with Gasteiger partial charge in [0.2, 0.25) is 0 Å². The van der Waals surface area contributed by atoms with Crippen LogP contribution in [0.1, 0.15) is 28.4 Å². The normalized spacial score (nSPS) is 24.6. The van der Waals surface area contributed by atoms with Crippen LogP contribution in [0.3, 0.4) is 0 Å². The molecular weight excluding hydrogens is 412 g/mol. The maximum absolute atomic E-state index is 14.1. The number of morpholine rings is 1. The first kappa shape index (κ1) is 20.6. The van der Waals surface area contributed by atoms with Gasteiger partial charge < -0.3 is 15.2 Å². The van der Waals surface area contributed by atoms with Gasteiger partial charge in [-0.1, -0.05) is 54.6 Å². The summed E-state index contributed by atoms with van der Waals surface area (Å²) in [6.45, 7) is 6.68. The summed E-state index contributed by atoms with van der Waals surface area (Å²) in [4.78, 5) is 16.5. The van der Waals surface area contributed by atoms with Crippen molar-refractivity contribution in [2.24, 2.45) is 11.7 Å². The van der Waals surface area contributed by atoms with Crippen LogP contribution in [0.2, 0.25) is 0 Å².